The van der Waals surface area contributed by atoms with Gasteiger partial charge in [-0.25, -0.2) is 4.98 Å². The van der Waals surface area contributed by atoms with Crippen molar-refractivity contribution >= 4 is 42.1 Å². The molecule has 4 nitrogen and oxygen atoms in total. The second kappa shape index (κ2) is 7.16. The molecule has 1 aromatic rings. The van der Waals surface area contributed by atoms with Gasteiger partial charge in [0.25, 0.3) is 5.91 Å². The zero-order valence-corrected chi connectivity index (χ0v) is 12.0. The number of aromatic nitrogens is 1. The summed E-state index contributed by atoms with van der Waals surface area (Å²) in [5.74, 6) is 0.113. The first-order chi connectivity index (χ1) is 7.18. The molecule has 17 heavy (non-hydrogen) atoms. The first-order valence-corrected chi connectivity index (χ1v) is 6.01. The summed E-state index contributed by atoms with van der Waals surface area (Å²) in [5, 5.41) is 0. The van der Waals surface area contributed by atoms with E-state index < -0.39 is 0 Å². The van der Waals surface area contributed by atoms with Gasteiger partial charge in [-0.15, -0.1) is 36.2 Å². The molecule has 7 heteroatoms. The van der Waals surface area contributed by atoms with Gasteiger partial charge in [0.1, 0.15) is 4.88 Å². The molecule has 2 rings (SSSR count). The predicted octanol–water partition coefficient (Wildman–Crippen LogP) is 1.86. The first-order valence-electron chi connectivity index (χ1n) is 5.13. The summed E-state index contributed by atoms with van der Waals surface area (Å²) < 4.78 is 0. The van der Waals surface area contributed by atoms with Crippen LogP contribution in [0.25, 0.3) is 0 Å². The van der Waals surface area contributed by atoms with Crippen molar-refractivity contribution in [2.24, 2.45) is 5.73 Å². The maximum absolute atomic E-state index is 12.0. The molecule has 98 valence electrons. The number of piperidine rings is 1. The number of amides is 1. The Morgan fingerprint density at radius 1 is 1.47 bits per heavy atom. The van der Waals surface area contributed by atoms with Crippen molar-refractivity contribution in [1.29, 1.82) is 0 Å². The Morgan fingerprint density at radius 3 is 2.53 bits per heavy atom. The summed E-state index contributed by atoms with van der Waals surface area (Å²) in [6.07, 6.45) is 1.81. The minimum atomic E-state index is 0. The Kier molecular flexibility index (Phi) is 7.01. The Bertz CT molecular complexity index is 364. The van der Waals surface area contributed by atoms with E-state index in [2.05, 4.69) is 4.98 Å². The molecule has 1 aromatic heterocycles. The van der Waals surface area contributed by atoms with Crippen LogP contribution >= 0.6 is 36.2 Å². The molecule has 0 radical (unpaired) electrons. The van der Waals surface area contributed by atoms with Crippen LogP contribution < -0.4 is 5.73 Å². The Labute approximate surface area is 117 Å². The third-order valence-electron chi connectivity index (χ3n) is 2.77. The summed E-state index contributed by atoms with van der Waals surface area (Å²) in [4.78, 5) is 18.8. The fourth-order valence-corrected chi connectivity index (χ4v) is 2.52. The molecule has 2 N–H and O–H groups in total. The summed E-state index contributed by atoms with van der Waals surface area (Å²) in [7, 11) is 0. The van der Waals surface area contributed by atoms with Crippen molar-refractivity contribution in [3.8, 4) is 0 Å². The molecule has 0 bridgehead atoms. The molecule has 2 heterocycles. The van der Waals surface area contributed by atoms with E-state index in [1.807, 2.05) is 11.8 Å². The van der Waals surface area contributed by atoms with Gasteiger partial charge in [-0.1, -0.05) is 0 Å². The first kappa shape index (κ1) is 16.6. The molecule has 0 spiro atoms. The van der Waals surface area contributed by atoms with Crippen LogP contribution in [0.1, 0.15) is 28.2 Å². The Balaban J connectivity index is 0.00000128. The molecule has 0 unspecified atom stereocenters. The average Bonchev–Trinajstić information content (AvgIpc) is 2.65. The Morgan fingerprint density at radius 2 is 2.06 bits per heavy atom. The van der Waals surface area contributed by atoms with E-state index in [9.17, 15) is 4.79 Å². The number of carbonyl (C=O) groups is 1. The minimum absolute atomic E-state index is 0. The number of nitrogens with zero attached hydrogens (tertiary/aromatic N) is 2. The maximum atomic E-state index is 12.0. The van der Waals surface area contributed by atoms with Crippen LogP contribution in [0.2, 0.25) is 0 Å². The Hall–Kier alpha value is -0.360. The molecular weight excluding hydrogens is 281 g/mol. The van der Waals surface area contributed by atoms with Crippen LogP contribution in [0.15, 0.2) is 5.51 Å². The summed E-state index contributed by atoms with van der Waals surface area (Å²) in [6.45, 7) is 3.42. The van der Waals surface area contributed by atoms with Gasteiger partial charge < -0.3 is 10.6 Å². The van der Waals surface area contributed by atoms with Gasteiger partial charge in [-0.05, 0) is 19.8 Å². The monoisotopic (exact) mass is 297 g/mol. The second-order valence-electron chi connectivity index (χ2n) is 3.90. The van der Waals surface area contributed by atoms with E-state index in [0.29, 0.717) is 0 Å². The van der Waals surface area contributed by atoms with Gasteiger partial charge in [0.05, 0.1) is 11.2 Å². The molecule has 0 aliphatic carbocycles. The molecule has 1 aliphatic heterocycles. The third-order valence-corrected chi connectivity index (χ3v) is 3.68. The minimum Gasteiger partial charge on any atom is -0.338 e. The number of likely N-dealkylation sites (tertiary alicyclic amines) is 1. The number of thiazole rings is 1. The fourth-order valence-electron chi connectivity index (χ4n) is 1.75. The lowest BCUT2D eigenvalue weighted by Crippen LogP contribution is -2.42. The van der Waals surface area contributed by atoms with Crippen LogP contribution in [-0.4, -0.2) is 34.9 Å². The van der Waals surface area contributed by atoms with Crippen molar-refractivity contribution in [2.75, 3.05) is 13.1 Å². The van der Waals surface area contributed by atoms with Crippen LogP contribution in [0.4, 0.5) is 0 Å². The van der Waals surface area contributed by atoms with E-state index >= 15 is 0 Å². The molecular formula is C10H17Cl2N3OS. The van der Waals surface area contributed by atoms with Crippen molar-refractivity contribution in [2.45, 2.75) is 25.8 Å². The van der Waals surface area contributed by atoms with Crippen LogP contribution in [0.5, 0.6) is 0 Å². The number of nitrogens with two attached hydrogens (primary N) is 1. The predicted molar refractivity (Wildman–Crippen MR) is 74.5 cm³/mol. The van der Waals surface area contributed by atoms with Gasteiger partial charge >= 0.3 is 0 Å². The zero-order chi connectivity index (χ0) is 10.8. The number of rotatable bonds is 1. The highest BCUT2D eigenvalue weighted by atomic mass is 35.5. The quantitative estimate of drug-likeness (QED) is 0.861. The van der Waals surface area contributed by atoms with Crippen LogP contribution in [-0.2, 0) is 0 Å². The molecule has 1 fully saturated rings. The molecule has 0 atom stereocenters. The number of aryl methyl sites for hydroxylation is 1. The van der Waals surface area contributed by atoms with Gasteiger partial charge in [0, 0.05) is 19.1 Å². The van der Waals surface area contributed by atoms with Crippen molar-refractivity contribution in [1.82, 2.24) is 9.88 Å². The van der Waals surface area contributed by atoms with Crippen molar-refractivity contribution < 1.29 is 4.79 Å². The van der Waals surface area contributed by atoms with E-state index in [1.54, 1.807) is 5.51 Å². The summed E-state index contributed by atoms with van der Waals surface area (Å²) in [6, 6.07) is 0.261. The van der Waals surface area contributed by atoms with E-state index in [4.69, 9.17) is 5.73 Å². The number of halogens is 2. The van der Waals surface area contributed by atoms with Crippen LogP contribution in [0, 0.1) is 6.92 Å². The van der Waals surface area contributed by atoms with Crippen molar-refractivity contribution in [3.05, 3.63) is 16.1 Å². The number of carbonyl (C=O) groups excluding carboxylic acids is 1. The zero-order valence-electron chi connectivity index (χ0n) is 9.59. The smallest absolute Gasteiger partial charge is 0.265 e. The molecule has 1 amide bonds. The molecule has 0 aromatic carbocycles. The molecule has 0 saturated carbocycles. The van der Waals surface area contributed by atoms with Crippen LogP contribution in [0.3, 0.4) is 0 Å². The van der Waals surface area contributed by atoms with E-state index in [-0.39, 0.29) is 36.8 Å². The normalized spacial score (nSPS) is 16.0. The summed E-state index contributed by atoms with van der Waals surface area (Å²) in [5.41, 5.74) is 8.35. The SMILES string of the molecule is Cc1ncsc1C(=O)N1CCC(N)CC1.Cl.Cl. The largest absolute Gasteiger partial charge is 0.338 e. The van der Waals surface area contributed by atoms with Gasteiger partial charge in [-0.2, -0.15) is 0 Å². The summed E-state index contributed by atoms with van der Waals surface area (Å²) >= 11 is 1.42. The highest BCUT2D eigenvalue weighted by Gasteiger charge is 2.23. The topological polar surface area (TPSA) is 59.2 Å². The van der Waals surface area contributed by atoms with E-state index in [0.717, 1.165) is 36.5 Å². The maximum Gasteiger partial charge on any atom is 0.265 e. The molecule has 1 aliphatic rings. The van der Waals surface area contributed by atoms with Gasteiger partial charge in [0.15, 0.2) is 0 Å². The average molecular weight is 298 g/mol. The van der Waals surface area contributed by atoms with Gasteiger partial charge in [-0.3, -0.25) is 4.79 Å². The second-order valence-corrected chi connectivity index (χ2v) is 4.75. The van der Waals surface area contributed by atoms with Crippen molar-refractivity contribution in [3.63, 3.8) is 0 Å². The lowest BCUT2D eigenvalue weighted by atomic mass is 10.1. The highest BCUT2D eigenvalue weighted by Crippen LogP contribution is 2.18. The standard InChI is InChI=1S/C10H15N3OS.2ClH/c1-7-9(15-6-12-7)10(14)13-4-2-8(11)3-5-13;;/h6,8H,2-5,11H2,1H3;2*1H. The lowest BCUT2D eigenvalue weighted by Gasteiger charge is -2.29. The highest BCUT2D eigenvalue weighted by molar-refractivity contribution is 7.11. The van der Waals surface area contributed by atoms with E-state index in [1.165, 1.54) is 11.3 Å². The number of hydrogen-bond acceptors (Lipinski definition) is 4. The third kappa shape index (κ3) is 3.81. The van der Waals surface area contributed by atoms with Gasteiger partial charge in [0.2, 0.25) is 0 Å². The fraction of sp³-hybridized carbons (Fsp3) is 0.600. The lowest BCUT2D eigenvalue weighted by molar-refractivity contribution is 0.0718. The molecule has 1 saturated heterocycles. The number of hydrogen-bond donors (Lipinski definition) is 1.